The highest BCUT2D eigenvalue weighted by Gasteiger charge is 2.13. The molecule has 2 heteroatoms. The largest absolute Gasteiger partial charge is 0.556 e. The summed E-state index contributed by atoms with van der Waals surface area (Å²) in [5.41, 5.74) is 4.07. The molecule has 0 saturated carbocycles. The van der Waals surface area contributed by atoms with Gasteiger partial charge in [0.2, 0.25) is 10.5 Å². The third kappa shape index (κ3) is 2.98. The molecule has 0 unspecified atom stereocenters. The Bertz CT molecular complexity index is 382. The molecule has 1 aromatic rings. The second kappa shape index (κ2) is 4.87. The van der Waals surface area contributed by atoms with Crippen LogP contribution in [-0.2, 0) is 9.84 Å². The Morgan fingerprint density at radius 1 is 1.06 bits per heavy atom. The Balaban J connectivity index is 3.05. The highest BCUT2D eigenvalue weighted by molar-refractivity contribution is 5.99. The van der Waals surface area contributed by atoms with Gasteiger partial charge in [-0.15, -0.1) is 0 Å². The van der Waals surface area contributed by atoms with Crippen molar-refractivity contribution >= 4 is 16.1 Å². The Kier molecular flexibility index (Phi) is 3.97. The predicted molar refractivity (Wildman–Crippen MR) is 74.4 cm³/mol. The lowest BCUT2D eigenvalue weighted by Crippen LogP contribution is -2.10. The predicted octanol–water partition coefficient (Wildman–Crippen LogP) is 3.03. The fourth-order valence-corrected chi connectivity index (χ4v) is 1.88. The molecule has 0 radical (unpaired) electrons. The molecule has 1 rings (SSSR count). The van der Waals surface area contributed by atoms with E-state index in [1.54, 1.807) is 0 Å². The van der Waals surface area contributed by atoms with E-state index in [1.807, 2.05) is 6.92 Å². The van der Waals surface area contributed by atoms with Crippen molar-refractivity contribution in [1.29, 1.82) is 0 Å². The van der Waals surface area contributed by atoms with Gasteiger partial charge in [-0.05, 0) is 36.0 Å². The van der Waals surface area contributed by atoms with Crippen LogP contribution in [0.5, 0.6) is 0 Å². The Hall–Kier alpha value is -1.02. The summed E-state index contributed by atoms with van der Waals surface area (Å²) in [5, 5.41) is 0. The molecular weight excluding hydrogens is 212 g/mol. The lowest BCUT2D eigenvalue weighted by atomic mass is 9.86. The molecule has 1 aromatic carbocycles. The van der Waals surface area contributed by atoms with Crippen LogP contribution in [0.1, 0.15) is 45.7 Å². The van der Waals surface area contributed by atoms with E-state index in [1.165, 1.54) is 16.7 Å². The molecule has 16 heavy (non-hydrogen) atoms. The van der Waals surface area contributed by atoms with Crippen LogP contribution in [0, 0.1) is 0 Å². The zero-order chi connectivity index (χ0) is 12.3. The standard InChI is InChI=1S/C14H22OSi/c1-10(11(2)15-16)12-6-8-13(9-7-12)14(3,4)5/h6-9H,1-5,16H3. The van der Waals surface area contributed by atoms with Gasteiger partial charge in [-0.25, -0.2) is 0 Å². The molecule has 0 aliphatic rings. The van der Waals surface area contributed by atoms with E-state index in [4.69, 9.17) is 4.43 Å². The number of allylic oxidation sites excluding steroid dienone is 2. The summed E-state index contributed by atoms with van der Waals surface area (Å²) in [4.78, 5) is 0. The van der Waals surface area contributed by atoms with Gasteiger partial charge in [0.1, 0.15) is 0 Å². The van der Waals surface area contributed by atoms with Crippen LogP contribution in [0.3, 0.4) is 0 Å². The van der Waals surface area contributed by atoms with Crippen LogP contribution >= 0.6 is 0 Å². The zero-order valence-corrected chi connectivity index (χ0v) is 13.2. The lowest BCUT2D eigenvalue weighted by molar-refractivity contribution is 0.475. The zero-order valence-electron chi connectivity index (χ0n) is 11.2. The van der Waals surface area contributed by atoms with Gasteiger partial charge < -0.3 is 4.43 Å². The van der Waals surface area contributed by atoms with E-state index in [0.29, 0.717) is 0 Å². The van der Waals surface area contributed by atoms with Gasteiger partial charge in [-0.1, -0.05) is 45.0 Å². The van der Waals surface area contributed by atoms with E-state index in [2.05, 4.69) is 52.0 Å². The number of rotatable bonds is 2. The topological polar surface area (TPSA) is 9.23 Å². The van der Waals surface area contributed by atoms with Crippen molar-refractivity contribution < 1.29 is 4.43 Å². The monoisotopic (exact) mass is 234 g/mol. The van der Waals surface area contributed by atoms with E-state index < -0.39 is 0 Å². The smallest absolute Gasteiger partial charge is 0.203 e. The van der Waals surface area contributed by atoms with Crippen molar-refractivity contribution in [2.75, 3.05) is 0 Å². The lowest BCUT2D eigenvalue weighted by Gasteiger charge is -2.19. The normalized spacial score (nSPS) is 13.6. The Labute approximate surface area is 102 Å². The first kappa shape index (κ1) is 13.0. The molecule has 0 aromatic heterocycles. The first-order chi connectivity index (χ1) is 7.36. The van der Waals surface area contributed by atoms with Crippen LogP contribution in [0.4, 0.5) is 0 Å². The molecule has 0 atom stereocenters. The maximum absolute atomic E-state index is 5.38. The van der Waals surface area contributed by atoms with Crippen molar-refractivity contribution in [1.82, 2.24) is 0 Å². The van der Waals surface area contributed by atoms with Gasteiger partial charge in [0.15, 0.2) is 0 Å². The highest BCUT2D eigenvalue weighted by Crippen LogP contribution is 2.25. The van der Waals surface area contributed by atoms with Crippen LogP contribution in [0.2, 0.25) is 0 Å². The summed E-state index contributed by atoms with van der Waals surface area (Å²) in [6.45, 7) is 10.8. The first-order valence-corrected chi connectivity index (χ1v) is 6.50. The molecular formula is C14H22OSi. The van der Waals surface area contributed by atoms with E-state index in [9.17, 15) is 0 Å². The fraction of sp³-hybridized carbons (Fsp3) is 0.429. The van der Waals surface area contributed by atoms with Crippen LogP contribution in [0.15, 0.2) is 30.0 Å². The summed E-state index contributed by atoms with van der Waals surface area (Å²) >= 11 is 0. The molecule has 0 heterocycles. The van der Waals surface area contributed by atoms with Gasteiger partial charge in [0, 0.05) is 0 Å². The molecule has 0 spiro atoms. The van der Waals surface area contributed by atoms with Crippen molar-refractivity contribution in [2.24, 2.45) is 0 Å². The van der Waals surface area contributed by atoms with E-state index in [0.717, 1.165) is 16.2 Å². The molecule has 0 fully saturated rings. The summed E-state index contributed by atoms with van der Waals surface area (Å²) < 4.78 is 5.38. The van der Waals surface area contributed by atoms with E-state index >= 15 is 0 Å². The average molecular weight is 234 g/mol. The minimum atomic E-state index is 0.222. The number of benzene rings is 1. The van der Waals surface area contributed by atoms with Gasteiger partial charge in [0.05, 0.1) is 5.76 Å². The first-order valence-electron chi connectivity index (χ1n) is 5.68. The third-order valence-corrected chi connectivity index (χ3v) is 3.63. The van der Waals surface area contributed by atoms with Crippen molar-refractivity contribution in [3.05, 3.63) is 41.2 Å². The molecule has 0 saturated heterocycles. The molecule has 1 nitrogen and oxygen atoms in total. The molecule has 0 aliphatic heterocycles. The summed E-state index contributed by atoms with van der Waals surface area (Å²) in [7, 11) is 0.755. The maximum atomic E-state index is 5.38. The van der Waals surface area contributed by atoms with Gasteiger partial charge >= 0.3 is 0 Å². The summed E-state index contributed by atoms with van der Waals surface area (Å²) in [6.07, 6.45) is 0. The minimum Gasteiger partial charge on any atom is -0.556 e. The Morgan fingerprint density at radius 2 is 1.56 bits per heavy atom. The fourth-order valence-electron chi connectivity index (χ4n) is 1.58. The summed E-state index contributed by atoms with van der Waals surface area (Å²) in [5.74, 6) is 1.04. The molecule has 0 aliphatic carbocycles. The average Bonchev–Trinajstić information content (AvgIpc) is 2.26. The third-order valence-electron chi connectivity index (χ3n) is 3.02. The Morgan fingerprint density at radius 3 is 1.94 bits per heavy atom. The number of hydrogen-bond donors (Lipinski definition) is 0. The second-order valence-corrected chi connectivity index (χ2v) is 5.62. The van der Waals surface area contributed by atoms with Crippen LogP contribution in [-0.4, -0.2) is 10.5 Å². The van der Waals surface area contributed by atoms with Gasteiger partial charge in [-0.2, -0.15) is 0 Å². The van der Waals surface area contributed by atoms with Crippen molar-refractivity contribution in [2.45, 2.75) is 40.0 Å². The molecule has 88 valence electrons. The number of hydrogen-bond acceptors (Lipinski definition) is 1. The van der Waals surface area contributed by atoms with Gasteiger partial charge in [-0.3, -0.25) is 0 Å². The van der Waals surface area contributed by atoms with Crippen molar-refractivity contribution in [3.63, 3.8) is 0 Å². The minimum absolute atomic E-state index is 0.222. The maximum Gasteiger partial charge on any atom is 0.203 e. The van der Waals surface area contributed by atoms with Crippen LogP contribution in [0.25, 0.3) is 5.57 Å². The van der Waals surface area contributed by atoms with Gasteiger partial charge in [0.25, 0.3) is 0 Å². The molecule has 0 amide bonds. The highest BCUT2D eigenvalue weighted by atomic mass is 28.2. The molecule has 0 N–H and O–H groups in total. The molecule has 0 bridgehead atoms. The quantitative estimate of drug-likeness (QED) is 0.564. The SMILES string of the molecule is CC(O[SiH3])=C(C)c1ccc(C(C)(C)C)cc1. The van der Waals surface area contributed by atoms with E-state index in [-0.39, 0.29) is 5.41 Å². The van der Waals surface area contributed by atoms with Crippen LogP contribution < -0.4 is 0 Å². The van der Waals surface area contributed by atoms with Crippen molar-refractivity contribution in [3.8, 4) is 0 Å². The second-order valence-electron chi connectivity index (χ2n) is 5.21. The summed E-state index contributed by atoms with van der Waals surface area (Å²) in [6, 6.07) is 8.78.